The third kappa shape index (κ3) is 4.36. The molecule has 3 rings (SSSR count). The van der Waals surface area contributed by atoms with Gasteiger partial charge >= 0.3 is 6.09 Å². The lowest BCUT2D eigenvalue weighted by atomic mass is 10.2. The zero-order valence-electron chi connectivity index (χ0n) is 14.4. The summed E-state index contributed by atoms with van der Waals surface area (Å²) in [5.74, 6) is 0.616. The van der Waals surface area contributed by atoms with Crippen LogP contribution in [0.15, 0.2) is 30.3 Å². The monoisotopic (exact) mass is 359 g/mol. The summed E-state index contributed by atoms with van der Waals surface area (Å²) in [7, 11) is 0. The minimum Gasteiger partial charge on any atom is -0.410 e. The number of aryl methyl sites for hydroxylation is 2. The maximum Gasteiger partial charge on any atom is 0.415 e. The molecule has 0 saturated carbocycles. The van der Waals surface area contributed by atoms with Crippen LogP contribution in [0.3, 0.4) is 0 Å². The van der Waals surface area contributed by atoms with Gasteiger partial charge in [-0.25, -0.2) is 9.78 Å². The van der Waals surface area contributed by atoms with Crippen LogP contribution in [-0.4, -0.2) is 53.0 Å². The van der Waals surface area contributed by atoms with E-state index in [1.165, 1.54) is 0 Å². The summed E-state index contributed by atoms with van der Waals surface area (Å²) in [4.78, 5) is 33.5. The lowest BCUT2D eigenvalue weighted by molar-refractivity contribution is -0.131. The smallest absolute Gasteiger partial charge is 0.410 e. The Morgan fingerprint density at radius 3 is 2.32 bits per heavy atom. The van der Waals surface area contributed by atoms with Crippen molar-refractivity contribution in [3.05, 3.63) is 45.9 Å². The number of thiazole rings is 1. The molecule has 1 aliphatic heterocycles. The maximum atomic E-state index is 12.5. The van der Waals surface area contributed by atoms with Crippen molar-refractivity contribution in [3.63, 3.8) is 0 Å². The van der Waals surface area contributed by atoms with Gasteiger partial charge in [-0.1, -0.05) is 18.2 Å². The lowest BCUT2D eigenvalue weighted by Gasteiger charge is -2.34. The van der Waals surface area contributed by atoms with Gasteiger partial charge in [-0.05, 0) is 26.0 Å². The minimum atomic E-state index is -0.368. The average Bonchev–Trinajstić information content (AvgIpc) is 2.93. The minimum absolute atomic E-state index is 0.0860. The number of nitrogens with zero attached hydrogens (tertiary/aromatic N) is 3. The number of carbonyl (C=O) groups excluding carboxylic acids is 2. The summed E-state index contributed by atoms with van der Waals surface area (Å²) in [6, 6.07) is 9.01. The molecule has 2 aromatic rings. The molecule has 1 aromatic heterocycles. The number of hydrogen-bond donors (Lipinski definition) is 0. The second-order valence-corrected chi connectivity index (χ2v) is 7.25. The molecule has 0 spiro atoms. The Labute approximate surface area is 151 Å². The largest absolute Gasteiger partial charge is 0.415 e. The highest BCUT2D eigenvalue weighted by atomic mass is 32.1. The van der Waals surface area contributed by atoms with Gasteiger partial charge < -0.3 is 14.5 Å². The molecule has 1 fully saturated rings. The van der Waals surface area contributed by atoms with Crippen molar-refractivity contribution in [2.75, 3.05) is 26.2 Å². The Morgan fingerprint density at radius 1 is 1.08 bits per heavy atom. The third-order valence-corrected chi connectivity index (χ3v) is 5.22. The highest BCUT2D eigenvalue weighted by Crippen LogP contribution is 2.19. The summed E-state index contributed by atoms with van der Waals surface area (Å²) in [6.07, 6.45) is 0.0124. The molecule has 6 nitrogen and oxygen atoms in total. The fourth-order valence-electron chi connectivity index (χ4n) is 2.78. The average molecular weight is 359 g/mol. The number of amides is 2. The molecule has 0 unspecified atom stereocenters. The molecule has 2 heterocycles. The first kappa shape index (κ1) is 17.4. The van der Waals surface area contributed by atoms with Crippen LogP contribution in [0.25, 0.3) is 0 Å². The summed E-state index contributed by atoms with van der Waals surface area (Å²) in [6.45, 7) is 5.90. The summed E-state index contributed by atoms with van der Waals surface area (Å²) >= 11 is 1.57. The predicted molar refractivity (Wildman–Crippen MR) is 95.9 cm³/mol. The van der Waals surface area contributed by atoms with E-state index in [1.807, 2.05) is 32.0 Å². The van der Waals surface area contributed by atoms with Crippen LogP contribution in [-0.2, 0) is 11.2 Å². The Balaban J connectivity index is 1.50. The summed E-state index contributed by atoms with van der Waals surface area (Å²) in [5, 5.41) is 0.980. The number of rotatable bonds is 3. The van der Waals surface area contributed by atoms with Crippen molar-refractivity contribution in [1.29, 1.82) is 0 Å². The van der Waals surface area contributed by atoms with Crippen LogP contribution >= 0.6 is 11.3 Å². The molecular weight excluding hydrogens is 338 g/mol. The molecule has 0 radical (unpaired) electrons. The molecule has 2 amide bonds. The molecule has 1 saturated heterocycles. The zero-order chi connectivity index (χ0) is 17.8. The van der Waals surface area contributed by atoms with E-state index >= 15 is 0 Å². The summed E-state index contributed by atoms with van der Waals surface area (Å²) in [5.41, 5.74) is 0.931. The molecule has 0 atom stereocenters. The first-order chi connectivity index (χ1) is 12.0. The number of benzene rings is 1. The molecular formula is C18H21N3O3S. The van der Waals surface area contributed by atoms with Gasteiger partial charge in [0.1, 0.15) is 5.75 Å². The highest BCUT2D eigenvalue weighted by molar-refractivity contribution is 7.11. The van der Waals surface area contributed by atoms with Crippen molar-refractivity contribution in [2.45, 2.75) is 20.3 Å². The number of hydrogen-bond acceptors (Lipinski definition) is 5. The zero-order valence-corrected chi connectivity index (χ0v) is 15.2. The second kappa shape index (κ2) is 7.65. The van der Waals surface area contributed by atoms with Crippen molar-refractivity contribution in [1.82, 2.24) is 14.8 Å². The van der Waals surface area contributed by atoms with Crippen molar-refractivity contribution in [2.24, 2.45) is 0 Å². The van der Waals surface area contributed by atoms with Crippen LogP contribution in [0, 0.1) is 13.8 Å². The van der Waals surface area contributed by atoms with Gasteiger partial charge in [-0.15, -0.1) is 11.3 Å². The normalized spacial score (nSPS) is 14.5. The Kier molecular flexibility index (Phi) is 5.33. The van der Waals surface area contributed by atoms with Crippen LogP contribution < -0.4 is 4.74 Å². The van der Waals surface area contributed by atoms with Crippen LogP contribution in [0.2, 0.25) is 0 Å². The Morgan fingerprint density at radius 2 is 1.72 bits per heavy atom. The van der Waals surface area contributed by atoms with Gasteiger partial charge in [0.2, 0.25) is 5.91 Å². The van der Waals surface area contributed by atoms with Crippen LogP contribution in [0.4, 0.5) is 4.79 Å². The van der Waals surface area contributed by atoms with Crippen molar-refractivity contribution in [3.8, 4) is 5.75 Å². The van der Waals surface area contributed by atoms with Gasteiger partial charge in [0, 0.05) is 31.1 Å². The van der Waals surface area contributed by atoms with Crippen molar-refractivity contribution >= 4 is 23.3 Å². The van der Waals surface area contributed by atoms with Gasteiger partial charge in [-0.2, -0.15) is 0 Å². The first-order valence-corrected chi connectivity index (χ1v) is 9.07. The SMILES string of the molecule is Cc1nc(C)c(CC(=O)N2CCN(C(=O)Oc3ccccc3)CC2)s1. The van der Waals surface area contributed by atoms with Gasteiger partial charge in [-0.3, -0.25) is 4.79 Å². The standard InChI is InChI=1S/C18H21N3O3S/c1-13-16(25-14(2)19-13)12-17(22)20-8-10-21(11-9-20)18(23)24-15-6-4-3-5-7-15/h3-7H,8-12H2,1-2H3. The fraction of sp³-hybridized carbons (Fsp3) is 0.389. The topological polar surface area (TPSA) is 62.7 Å². The van der Waals surface area contributed by atoms with Crippen LogP contribution in [0.5, 0.6) is 5.75 Å². The van der Waals surface area contributed by atoms with E-state index in [0.717, 1.165) is 15.6 Å². The molecule has 0 N–H and O–H groups in total. The quantitative estimate of drug-likeness (QED) is 0.845. The molecule has 1 aliphatic rings. The highest BCUT2D eigenvalue weighted by Gasteiger charge is 2.26. The molecule has 7 heteroatoms. The van der Waals surface area contributed by atoms with E-state index < -0.39 is 0 Å². The first-order valence-electron chi connectivity index (χ1n) is 8.25. The molecule has 1 aromatic carbocycles. The van der Waals surface area contributed by atoms with Gasteiger partial charge in [0.25, 0.3) is 0 Å². The number of carbonyl (C=O) groups is 2. The van der Waals surface area contributed by atoms with E-state index in [0.29, 0.717) is 38.3 Å². The Bertz CT molecular complexity index is 752. The number of aromatic nitrogens is 1. The number of piperazine rings is 1. The second-order valence-electron chi connectivity index (χ2n) is 5.97. The Hall–Kier alpha value is -2.41. The van der Waals surface area contributed by atoms with Crippen molar-refractivity contribution < 1.29 is 14.3 Å². The fourth-order valence-corrected chi connectivity index (χ4v) is 3.71. The molecule has 0 bridgehead atoms. The van der Waals surface area contributed by atoms with E-state index in [1.54, 1.807) is 33.3 Å². The summed E-state index contributed by atoms with van der Waals surface area (Å²) < 4.78 is 5.34. The third-order valence-electron chi connectivity index (χ3n) is 4.15. The maximum absolute atomic E-state index is 12.5. The van der Waals surface area contributed by atoms with Gasteiger partial charge in [0.15, 0.2) is 0 Å². The van der Waals surface area contributed by atoms with Crippen LogP contribution in [0.1, 0.15) is 15.6 Å². The van der Waals surface area contributed by atoms with Gasteiger partial charge in [0.05, 0.1) is 17.1 Å². The molecule has 132 valence electrons. The van der Waals surface area contributed by atoms with E-state index in [4.69, 9.17) is 4.74 Å². The molecule has 0 aliphatic carbocycles. The predicted octanol–water partition coefficient (Wildman–Crippen LogP) is 2.65. The molecule has 25 heavy (non-hydrogen) atoms. The number of ether oxygens (including phenoxy) is 1. The van der Waals surface area contributed by atoms with E-state index in [2.05, 4.69) is 4.98 Å². The number of para-hydroxylation sites is 1. The van der Waals surface area contributed by atoms with E-state index in [-0.39, 0.29) is 12.0 Å². The lowest BCUT2D eigenvalue weighted by Crippen LogP contribution is -2.51. The van der Waals surface area contributed by atoms with E-state index in [9.17, 15) is 9.59 Å².